The number of rotatable bonds is 3. The Morgan fingerprint density at radius 1 is 1.39 bits per heavy atom. The lowest BCUT2D eigenvalue weighted by molar-refractivity contribution is -0.139. The number of ketones is 1. The van der Waals surface area contributed by atoms with Crippen LogP contribution >= 0.6 is 15.9 Å². The molecule has 1 heterocycles. The first-order valence-corrected chi connectivity index (χ1v) is 6.26. The van der Waals surface area contributed by atoms with Crippen LogP contribution in [0.15, 0.2) is 34.3 Å². The van der Waals surface area contributed by atoms with Crippen molar-refractivity contribution >= 4 is 33.4 Å². The van der Waals surface area contributed by atoms with E-state index < -0.39 is 5.97 Å². The van der Waals surface area contributed by atoms with E-state index >= 15 is 0 Å². The molecule has 18 heavy (non-hydrogen) atoms. The molecule has 5 heteroatoms. The maximum Gasteiger partial charge on any atom is 0.345 e. The SMILES string of the molecule is CCOC(=O)C1=C(c2ccc(Br)cc2)OCC1=O. The van der Waals surface area contributed by atoms with Crippen LogP contribution in [0.3, 0.4) is 0 Å². The van der Waals surface area contributed by atoms with Crippen molar-refractivity contribution in [2.75, 3.05) is 13.2 Å². The van der Waals surface area contributed by atoms with Crippen molar-refractivity contribution in [3.63, 3.8) is 0 Å². The Morgan fingerprint density at radius 2 is 2.06 bits per heavy atom. The number of carbonyl (C=O) groups is 2. The van der Waals surface area contributed by atoms with Crippen LogP contribution in [0.4, 0.5) is 0 Å². The molecule has 1 aromatic rings. The molecule has 0 fully saturated rings. The summed E-state index contributed by atoms with van der Waals surface area (Å²) in [5.41, 5.74) is 0.686. The van der Waals surface area contributed by atoms with Gasteiger partial charge in [-0.05, 0) is 19.1 Å². The van der Waals surface area contributed by atoms with Gasteiger partial charge in [0.25, 0.3) is 0 Å². The molecule has 1 aliphatic rings. The van der Waals surface area contributed by atoms with Gasteiger partial charge in [0, 0.05) is 10.0 Å². The first-order valence-electron chi connectivity index (χ1n) is 5.46. The maximum atomic E-state index is 11.7. The third kappa shape index (κ3) is 2.46. The molecule has 1 aliphatic heterocycles. The van der Waals surface area contributed by atoms with Gasteiger partial charge in [0.05, 0.1) is 6.61 Å². The van der Waals surface area contributed by atoms with Gasteiger partial charge in [-0.25, -0.2) is 4.79 Å². The molecular formula is C13H11BrO4. The van der Waals surface area contributed by atoms with E-state index in [-0.39, 0.29) is 24.6 Å². The Kier molecular flexibility index (Phi) is 3.81. The largest absolute Gasteiger partial charge is 0.484 e. The zero-order chi connectivity index (χ0) is 13.1. The molecular weight excluding hydrogens is 300 g/mol. The number of ether oxygens (including phenoxy) is 2. The molecule has 0 N–H and O–H groups in total. The number of hydrogen-bond donors (Lipinski definition) is 0. The van der Waals surface area contributed by atoms with Crippen molar-refractivity contribution in [2.24, 2.45) is 0 Å². The minimum atomic E-state index is -0.627. The van der Waals surface area contributed by atoms with Gasteiger partial charge in [0.2, 0.25) is 5.78 Å². The van der Waals surface area contributed by atoms with Gasteiger partial charge in [-0.3, -0.25) is 4.79 Å². The minimum absolute atomic E-state index is 0.000766. The topological polar surface area (TPSA) is 52.6 Å². The van der Waals surface area contributed by atoms with E-state index in [1.807, 2.05) is 12.1 Å². The first-order chi connectivity index (χ1) is 8.63. The van der Waals surface area contributed by atoms with Crippen molar-refractivity contribution in [1.82, 2.24) is 0 Å². The van der Waals surface area contributed by atoms with Crippen molar-refractivity contribution in [2.45, 2.75) is 6.92 Å². The van der Waals surface area contributed by atoms with Crippen LogP contribution in [0.25, 0.3) is 5.76 Å². The second-order valence-electron chi connectivity index (χ2n) is 3.64. The van der Waals surface area contributed by atoms with Crippen molar-refractivity contribution in [1.29, 1.82) is 0 Å². The van der Waals surface area contributed by atoms with E-state index in [2.05, 4.69) is 15.9 Å². The van der Waals surface area contributed by atoms with E-state index in [9.17, 15) is 9.59 Å². The Hall–Kier alpha value is -1.62. The van der Waals surface area contributed by atoms with Gasteiger partial charge < -0.3 is 9.47 Å². The molecule has 0 unspecified atom stereocenters. The van der Waals surface area contributed by atoms with Crippen molar-refractivity contribution in [3.8, 4) is 0 Å². The number of Topliss-reactive ketones (excluding diaryl/α,β-unsaturated/α-hetero) is 1. The number of benzene rings is 1. The van der Waals surface area contributed by atoms with E-state index in [0.29, 0.717) is 11.3 Å². The summed E-state index contributed by atoms with van der Waals surface area (Å²) in [6.07, 6.45) is 0. The number of carbonyl (C=O) groups excluding carboxylic acids is 2. The summed E-state index contributed by atoms with van der Waals surface area (Å²) in [7, 11) is 0. The second-order valence-corrected chi connectivity index (χ2v) is 4.56. The Labute approximate surface area is 113 Å². The lowest BCUT2D eigenvalue weighted by Crippen LogP contribution is -2.14. The monoisotopic (exact) mass is 310 g/mol. The molecule has 0 spiro atoms. The molecule has 4 nitrogen and oxygen atoms in total. The average Bonchev–Trinajstić information content (AvgIpc) is 2.72. The van der Waals surface area contributed by atoms with Crippen LogP contribution in [0.5, 0.6) is 0 Å². The van der Waals surface area contributed by atoms with Gasteiger partial charge in [-0.1, -0.05) is 28.1 Å². The molecule has 0 saturated carbocycles. The average molecular weight is 311 g/mol. The molecule has 2 rings (SSSR count). The molecule has 0 aliphatic carbocycles. The lowest BCUT2D eigenvalue weighted by Gasteiger charge is -2.05. The number of halogens is 1. The zero-order valence-electron chi connectivity index (χ0n) is 9.73. The van der Waals surface area contributed by atoms with Crippen molar-refractivity contribution in [3.05, 3.63) is 39.9 Å². The van der Waals surface area contributed by atoms with Crippen LogP contribution in [0.1, 0.15) is 12.5 Å². The lowest BCUT2D eigenvalue weighted by atomic mass is 10.1. The summed E-state index contributed by atoms with van der Waals surface area (Å²) in [5.74, 6) is -0.671. The van der Waals surface area contributed by atoms with E-state index in [0.717, 1.165) is 4.47 Å². The zero-order valence-corrected chi connectivity index (χ0v) is 11.3. The molecule has 0 aromatic heterocycles. The molecule has 0 saturated heterocycles. The summed E-state index contributed by atoms with van der Waals surface area (Å²) >= 11 is 3.32. The van der Waals surface area contributed by atoms with Crippen LogP contribution in [-0.4, -0.2) is 25.0 Å². The van der Waals surface area contributed by atoms with Gasteiger partial charge in [-0.15, -0.1) is 0 Å². The predicted molar refractivity (Wildman–Crippen MR) is 68.7 cm³/mol. The van der Waals surface area contributed by atoms with Crippen LogP contribution in [-0.2, 0) is 19.1 Å². The summed E-state index contributed by atoms with van der Waals surface area (Å²) in [6, 6.07) is 7.18. The highest BCUT2D eigenvalue weighted by molar-refractivity contribution is 9.10. The van der Waals surface area contributed by atoms with E-state index in [4.69, 9.17) is 9.47 Å². The molecule has 1 aromatic carbocycles. The Balaban J connectivity index is 2.41. The van der Waals surface area contributed by atoms with Gasteiger partial charge in [-0.2, -0.15) is 0 Å². The van der Waals surface area contributed by atoms with Crippen LogP contribution in [0, 0.1) is 0 Å². The fraction of sp³-hybridized carbons (Fsp3) is 0.231. The third-order valence-corrected chi connectivity index (χ3v) is 2.97. The van der Waals surface area contributed by atoms with Crippen LogP contribution in [0.2, 0.25) is 0 Å². The number of hydrogen-bond acceptors (Lipinski definition) is 4. The summed E-state index contributed by atoms with van der Waals surface area (Å²) in [6.45, 7) is 1.81. The van der Waals surface area contributed by atoms with E-state index in [1.54, 1.807) is 19.1 Å². The summed E-state index contributed by atoms with van der Waals surface area (Å²) < 4.78 is 11.1. The standard InChI is InChI=1S/C13H11BrO4/c1-2-17-13(16)11-10(15)7-18-12(11)8-3-5-9(14)6-4-8/h3-6H,2,7H2,1H3. The minimum Gasteiger partial charge on any atom is -0.484 e. The van der Waals surface area contributed by atoms with Crippen molar-refractivity contribution < 1.29 is 19.1 Å². The highest BCUT2D eigenvalue weighted by atomic mass is 79.9. The number of esters is 1. The molecule has 0 amide bonds. The van der Waals surface area contributed by atoms with Gasteiger partial charge >= 0.3 is 5.97 Å². The fourth-order valence-corrected chi connectivity index (χ4v) is 1.91. The van der Waals surface area contributed by atoms with Crippen LogP contribution < -0.4 is 0 Å². The van der Waals surface area contributed by atoms with Gasteiger partial charge in [0.1, 0.15) is 11.3 Å². The van der Waals surface area contributed by atoms with Gasteiger partial charge in [0.15, 0.2) is 6.61 Å². The summed E-state index contributed by atoms with van der Waals surface area (Å²) in [5, 5.41) is 0. The Morgan fingerprint density at radius 3 is 2.67 bits per heavy atom. The summed E-state index contributed by atoms with van der Waals surface area (Å²) in [4.78, 5) is 23.4. The normalized spacial score (nSPS) is 14.7. The molecule has 0 atom stereocenters. The predicted octanol–water partition coefficient (Wildman–Crippen LogP) is 2.32. The second kappa shape index (κ2) is 5.35. The fourth-order valence-electron chi connectivity index (χ4n) is 1.65. The Bertz CT molecular complexity index is 516. The molecule has 0 bridgehead atoms. The highest BCUT2D eigenvalue weighted by Crippen LogP contribution is 2.28. The maximum absolute atomic E-state index is 11.7. The van der Waals surface area contributed by atoms with E-state index in [1.165, 1.54) is 0 Å². The molecule has 94 valence electrons. The quantitative estimate of drug-likeness (QED) is 0.635. The highest BCUT2D eigenvalue weighted by Gasteiger charge is 2.32. The third-order valence-electron chi connectivity index (χ3n) is 2.44. The smallest absolute Gasteiger partial charge is 0.345 e. The first kappa shape index (κ1) is 12.8. The molecule has 0 radical (unpaired) electrons.